The molecule has 0 radical (unpaired) electrons. The first-order valence-electron chi connectivity index (χ1n) is 14.4. The molecule has 1 fully saturated rings. The largest absolute Gasteiger partial charge is 0.338 e. The summed E-state index contributed by atoms with van der Waals surface area (Å²) in [5.41, 5.74) is 5.01. The molecule has 1 atom stereocenters. The van der Waals surface area contributed by atoms with E-state index in [0.717, 1.165) is 49.3 Å². The van der Waals surface area contributed by atoms with Crippen LogP contribution in [0.15, 0.2) is 78.9 Å². The third kappa shape index (κ3) is 5.39. The second-order valence-corrected chi connectivity index (χ2v) is 11.0. The third-order valence-electron chi connectivity index (χ3n) is 8.52. The lowest BCUT2D eigenvalue weighted by atomic mass is 10.0. The highest BCUT2D eigenvalue weighted by Gasteiger charge is 2.38. The maximum absolute atomic E-state index is 13.9. The average Bonchev–Trinajstić information content (AvgIpc) is 3.34. The number of amides is 3. The molecule has 0 saturated carbocycles. The molecular formula is C33H36N4O3. The van der Waals surface area contributed by atoms with Crippen molar-refractivity contribution < 1.29 is 14.4 Å². The zero-order valence-corrected chi connectivity index (χ0v) is 22.9. The monoisotopic (exact) mass is 536 g/mol. The van der Waals surface area contributed by atoms with Gasteiger partial charge in [-0.3, -0.25) is 19.3 Å². The minimum absolute atomic E-state index is 0.00524. The molecule has 7 heteroatoms. The summed E-state index contributed by atoms with van der Waals surface area (Å²) in [4.78, 5) is 48.3. The Labute approximate surface area is 236 Å². The highest BCUT2D eigenvalue weighted by molar-refractivity contribution is 6.01. The molecular weight excluding hydrogens is 500 g/mol. The van der Waals surface area contributed by atoms with Gasteiger partial charge >= 0.3 is 0 Å². The summed E-state index contributed by atoms with van der Waals surface area (Å²) in [6.07, 6.45) is 2.99. The number of para-hydroxylation sites is 1. The van der Waals surface area contributed by atoms with Gasteiger partial charge in [0.15, 0.2) is 0 Å². The van der Waals surface area contributed by atoms with Gasteiger partial charge in [0.05, 0.1) is 0 Å². The van der Waals surface area contributed by atoms with E-state index in [2.05, 4.69) is 11.0 Å². The molecule has 0 unspecified atom stereocenters. The van der Waals surface area contributed by atoms with Crippen molar-refractivity contribution in [2.45, 2.75) is 38.3 Å². The molecule has 206 valence electrons. The van der Waals surface area contributed by atoms with E-state index in [1.165, 1.54) is 5.56 Å². The van der Waals surface area contributed by atoms with Crippen LogP contribution in [0.2, 0.25) is 0 Å². The van der Waals surface area contributed by atoms with Gasteiger partial charge in [-0.1, -0.05) is 66.7 Å². The van der Waals surface area contributed by atoms with Gasteiger partial charge in [-0.2, -0.15) is 0 Å². The molecule has 3 aromatic carbocycles. The number of anilines is 1. The normalized spacial score (nSPS) is 17.9. The molecule has 3 heterocycles. The summed E-state index contributed by atoms with van der Waals surface area (Å²) in [6.45, 7) is 4.57. The molecule has 3 aliphatic rings. The Kier molecular flexibility index (Phi) is 7.64. The number of rotatable bonds is 7. The first-order valence-corrected chi connectivity index (χ1v) is 14.4. The van der Waals surface area contributed by atoms with Gasteiger partial charge in [-0.25, -0.2) is 0 Å². The summed E-state index contributed by atoms with van der Waals surface area (Å²) in [7, 11) is 0. The van der Waals surface area contributed by atoms with E-state index in [1.807, 2.05) is 82.6 Å². The fraction of sp³-hybridized carbons (Fsp3) is 0.364. The van der Waals surface area contributed by atoms with Crippen molar-refractivity contribution in [3.63, 3.8) is 0 Å². The second-order valence-electron chi connectivity index (χ2n) is 11.0. The van der Waals surface area contributed by atoms with Crippen LogP contribution in [0.5, 0.6) is 0 Å². The summed E-state index contributed by atoms with van der Waals surface area (Å²) in [5.74, 6) is 0.104. The molecule has 0 bridgehead atoms. The Bertz CT molecular complexity index is 1380. The standard InChI is InChI=1S/C33H36N4O3/c38-31(36-17-8-13-26-11-5-7-15-29(26)36)16-18-34-19-21-35(22-20-34)33(40)30(23-25-9-2-1-3-10-25)37-24-27-12-4-6-14-28(27)32(37)39/h1-7,9-12,14-15,30H,8,13,16-24H2/t30-/m0/s1. The lowest BCUT2D eigenvalue weighted by molar-refractivity contribution is -0.138. The predicted octanol–water partition coefficient (Wildman–Crippen LogP) is 3.77. The molecule has 0 aromatic heterocycles. The number of fused-ring (bicyclic) bond motifs is 2. The van der Waals surface area contributed by atoms with Crippen molar-refractivity contribution in [2.24, 2.45) is 0 Å². The quantitative estimate of drug-likeness (QED) is 0.461. The second kappa shape index (κ2) is 11.6. The fourth-order valence-electron chi connectivity index (χ4n) is 6.28. The third-order valence-corrected chi connectivity index (χ3v) is 8.52. The number of nitrogens with zero attached hydrogens (tertiary/aromatic N) is 4. The average molecular weight is 537 g/mol. The van der Waals surface area contributed by atoms with Crippen LogP contribution in [0, 0.1) is 0 Å². The Hall–Kier alpha value is -3.97. The van der Waals surface area contributed by atoms with Crippen molar-refractivity contribution in [3.05, 3.63) is 101 Å². The van der Waals surface area contributed by atoms with Crippen LogP contribution in [0.25, 0.3) is 0 Å². The highest BCUT2D eigenvalue weighted by Crippen LogP contribution is 2.28. The van der Waals surface area contributed by atoms with Gasteiger partial charge in [-0.05, 0) is 41.7 Å². The number of aryl methyl sites for hydroxylation is 1. The van der Waals surface area contributed by atoms with E-state index < -0.39 is 6.04 Å². The van der Waals surface area contributed by atoms with Crippen molar-refractivity contribution in [1.29, 1.82) is 0 Å². The van der Waals surface area contributed by atoms with Gasteiger partial charge in [-0.15, -0.1) is 0 Å². The van der Waals surface area contributed by atoms with Gasteiger partial charge in [0.25, 0.3) is 5.91 Å². The molecule has 3 amide bonds. The maximum Gasteiger partial charge on any atom is 0.255 e. The van der Waals surface area contributed by atoms with Crippen LogP contribution >= 0.6 is 0 Å². The minimum Gasteiger partial charge on any atom is -0.338 e. The zero-order chi connectivity index (χ0) is 27.5. The summed E-state index contributed by atoms with van der Waals surface area (Å²) in [5, 5.41) is 0. The highest BCUT2D eigenvalue weighted by atomic mass is 16.2. The lowest BCUT2D eigenvalue weighted by Crippen LogP contribution is -2.56. The van der Waals surface area contributed by atoms with Crippen molar-refractivity contribution in [1.82, 2.24) is 14.7 Å². The number of hydrogen-bond donors (Lipinski definition) is 0. The number of hydrogen-bond acceptors (Lipinski definition) is 4. The molecule has 0 aliphatic carbocycles. The number of carbonyl (C=O) groups excluding carboxylic acids is 3. The van der Waals surface area contributed by atoms with Gasteiger partial charge in [0.2, 0.25) is 11.8 Å². The Balaban J connectivity index is 1.08. The summed E-state index contributed by atoms with van der Waals surface area (Å²) < 4.78 is 0. The number of benzene rings is 3. The van der Waals surface area contributed by atoms with E-state index in [1.54, 1.807) is 4.90 Å². The first-order chi connectivity index (χ1) is 19.6. The van der Waals surface area contributed by atoms with E-state index in [9.17, 15) is 14.4 Å². The van der Waals surface area contributed by atoms with Crippen LogP contribution in [0.4, 0.5) is 5.69 Å². The topological polar surface area (TPSA) is 64.2 Å². The van der Waals surface area contributed by atoms with Crippen molar-refractivity contribution in [2.75, 3.05) is 44.2 Å². The van der Waals surface area contributed by atoms with Crippen LogP contribution in [0.3, 0.4) is 0 Å². The minimum atomic E-state index is -0.547. The van der Waals surface area contributed by atoms with E-state index in [0.29, 0.717) is 44.6 Å². The lowest BCUT2D eigenvalue weighted by Gasteiger charge is -2.38. The molecule has 40 heavy (non-hydrogen) atoms. The van der Waals surface area contributed by atoms with Crippen LogP contribution in [-0.4, -0.2) is 77.7 Å². The number of piperazine rings is 1. The van der Waals surface area contributed by atoms with Crippen molar-refractivity contribution >= 4 is 23.4 Å². The van der Waals surface area contributed by atoms with Gasteiger partial charge < -0.3 is 14.7 Å². The van der Waals surface area contributed by atoms with Crippen LogP contribution in [-0.2, 0) is 29.0 Å². The Morgan fingerprint density at radius 1 is 0.775 bits per heavy atom. The molecule has 1 saturated heterocycles. The van der Waals surface area contributed by atoms with Crippen LogP contribution < -0.4 is 4.90 Å². The van der Waals surface area contributed by atoms with E-state index >= 15 is 0 Å². The first kappa shape index (κ1) is 26.3. The van der Waals surface area contributed by atoms with E-state index in [4.69, 9.17) is 0 Å². The smallest absolute Gasteiger partial charge is 0.255 e. The van der Waals surface area contributed by atoms with Gasteiger partial charge in [0.1, 0.15) is 6.04 Å². The fourth-order valence-corrected chi connectivity index (χ4v) is 6.28. The van der Waals surface area contributed by atoms with E-state index in [-0.39, 0.29) is 17.7 Å². The zero-order valence-electron chi connectivity index (χ0n) is 22.9. The van der Waals surface area contributed by atoms with Crippen LogP contribution in [0.1, 0.15) is 39.9 Å². The Morgan fingerprint density at radius 2 is 1.48 bits per heavy atom. The summed E-state index contributed by atoms with van der Waals surface area (Å²) >= 11 is 0. The summed E-state index contributed by atoms with van der Waals surface area (Å²) in [6, 6.07) is 25.2. The Morgan fingerprint density at radius 3 is 2.25 bits per heavy atom. The molecule has 0 N–H and O–H groups in total. The molecule has 3 aromatic rings. The van der Waals surface area contributed by atoms with Crippen molar-refractivity contribution in [3.8, 4) is 0 Å². The maximum atomic E-state index is 13.9. The predicted molar refractivity (Wildman–Crippen MR) is 155 cm³/mol. The van der Waals surface area contributed by atoms with Gasteiger partial charge in [0, 0.05) is 69.9 Å². The molecule has 7 nitrogen and oxygen atoms in total. The molecule has 3 aliphatic heterocycles. The molecule has 0 spiro atoms. The number of carbonyl (C=O) groups is 3. The SMILES string of the molecule is O=C([C@H](Cc1ccccc1)N1Cc2ccccc2C1=O)N1CCN(CCC(=O)N2CCCc3ccccc32)CC1. The molecule has 6 rings (SSSR count).